The minimum atomic E-state index is -1.18. The van der Waals surface area contributed by atoms with Crippen LogP contribution in [0.3, 0.4) is 0 Å². The van der Waals surface area contributed by atoms with E-state index in [0.717, 1.165) is 5.56 Å². The molecular formula is C14H20FNO2. The summed E-state index contributed by atoms with van der Waals surface area (Å²) in [6, 6.07) is 9.46. The number of rotatable bonds is 6. The molecule has 18 heavy (non-hydrogen) atoms. The molecule has 0 radical (unpaired) electrons. The molecule has 0 fully saturated rings. The predicted molar refractivity (Wildman–Crippen MR) is 69.1 cm³/mol. The van der Waals surface area contributed by atoms with E-state index in [1.165, 1.54) is 13.8 Å². The minimum absolute atomic E-state index is 0.251. The van der Waals surface area contributed by atoms with Gasteiger partial charge in [0.2, 0.25) is 0 Å². The van der Waals surface area contributed by atoms with E-state index in [1.54, 1.807) is 0 Å². The van der Waals surface area contributed by atoms with Crippen molar-refractivity contribution in [2.45, 2.75) is 39.0 Å². The molecule has 1 aromatic carbocycles. The summed E-state index contributed by atoms with van der Waals surface area (Å²) < 4.78 is 18.2. The van der Waals surface area contributed by atoms with Gasteiger partial charge in [-0.1, -0.05) is 30.3 Å². The molecule has 0 saturated carbocycles. The molecule has 4 heteroatoms. The zero-order chi connectivity index (χ0) is 13.4. The standard InChI is InChI=1S/C14H20FNO2/c1-14(2,15)9-6-10-16-13(17)18-11-12-7-4-3-5-8-12/h3-5,7-8H,6,9-11H2,1-2H3,(H,16,17). The van der Waals surface area contributed by atoms with Crippen molar-refractivity contribution >= 4 is 6.09 Å². The summed E-state index contributed by atoms with van der Waals surface area (Å²) in [6.45, 7) is 3.74. The molecule has 100 valence electrons. The van der Waals surface area contributed by atoms with Crippen LogP contribution in [-0.4, -0.2) is 18.3 Å². The molecule has 3 nitrogen and oxygen atoms in total. The summed E-state index contributed by atoms with van der Waals surface area (Å²) in [5.41, 5.74) is -0.243. The van der Waals surface area contributed by atoms with Gasteiger partial charge in [0.15, 0.2) is 0 Å². The van der Waals surface area contributed by atoms with E-state index in [4.69, 9.17) is 4.74 Å². The Bertz CT molecular complexity index is 360. The second kappa shape index (κ2) is 6.99. The Balaban J connectivity index is 2.11. The first-order valence-corrected chi connectivity index (χ1v) is 6.11. The maximum absolute atomic E-state index is 13.1. The number of hydrogen-bond donors (Lipinski definition) is 1. The number of hydrogen-bond acceptors (Lipinski definition) is 2. The smallest absolute Gasteiger partial charge is 0.407 e. The Labute approximate surface area is 107 Å². The summed E-state index contributed by atoms with van der Waals surface area (Å²) in [7, 11) is 0. The minimum Gasteiger partial charge on any atom is -0.445 e. The summed E-state index contributed by atoms with van der Waals surface area (Å²) in [5.74, 6) is 0. The van der Waals surface area contributed by atoms with E-state index < -0.39 is 11.8 Å². The van der Waals surface area contributed by atoms with Crippen molar-refractivity contribution in [2.75, 3.05) is 6.54 Å². The van der Waals surface area contributed by atoms with Crippen LogP contribution in [0.4, 0.5) is 9.18 Å². The van der Waals surface area contributed by atoms with Crippen LogP contribution < -0.4 is 5.32 Å². The highest BCUT2D eigenvalue weighted by Gasteiger charge is 2.14. The largest absolute Gasteiger partial charge is 0.445 e. The van der Waals surface area contributed by atoms with Crippen LogP contribution in [0.2, 0.25) is 0 Å². The van der Waals surface area contributed by atoms with Gasteiger partial charge in [-0.15, -0.1) is 0 Å². The van der Waals surface area contributed by atoms with E-state index in [9.17, 15) is 9.18 Å². The van der Waals surface area contributed by atoms with Gasteiger partial charge in [0.25, 0.3) is 0 Å². The van der Waals surface area contributed by atoms with Crippen molar-refractivity contribution in [2.24, 2.45) is 0 Å². The molecule has 0 spiro atoms. The van der Waals surface area contributed by atoms with Gasteiger partial charge in [0, 0.05) is 6.54 Å². The molecule has 1 aromatic rings. The fraction of sp³-hybridized carbons (Fsp3) is 0.500. The number of benzene rings is 1. The van der Waals surface area contributed by atoms with Crippen molar-refractivity contribution in [3.63, 3.8) is 0 Å². The molecule has 0 aliphatic carbocycles. The maximum atomic E-state index is 13.1. The molecule has 0 aromatic heterocycles. The fourth-order valence-electron chi connectivity index (χ4n) is 1.47. The number of carbonyl (C=O) groups excluding carboxylic acids is 1. The lowest BCUT2D eigenvalue weighted by atomic mass is 10.1. The SMILES string of the molecule is CC(C)(F)CCCNC(=O)OCc1ccccc1. The highest BCUT2D eigenvalue weighted by atomic mass is 19.1. The third-order valence-corrected chi connectivity index (χ3v) is 2.43. The number of nitrogens with one attached hydrogen (secondary N) is 1. The van der Waals surface area contributed by atoms with Crippen molar-refractivity contribution in [3.05, 3.63) is 35.9 Å². The Morgan fingerprint density at radius 1 is 1.33 bits per heavy atom. The van der Waals surface area contributed by atoms with E-state index >= 15 is 0 Å². The molecule has 0 aliphatic heterocycles. The Hall–Kier alpha value is -1.58. The van der Waals surface area contributed by atoms with Gasteiger partial charge in [0.1, 0.15) is 12.3 Å². The summed E-state index contributed by atoms with van der Waals surface area (Å²) in [6.07, 6.45) is 0.561. The molecule has 0 bridgehead atoms. The molecule has 0 atom stereocenters. The second-order valence-corrected chi connectivity index (χ2v) is 4.81. The van der Waals surface area contributed by atoms with Gasteiger partial charge in [-0.25, -0.2) is 9.18 Å². The monoisotopic (exact) mass is 253 g/mol. The Kier molecular flexibility index (Phi) is 5.62. The predicted octanol–water partition coefficient (Wildman–Crippen LogP) is 3.44. The van der Waals surface area contributed by atoms with Crippen LogP contribution in [0.5, 0.6) is 0 Å². The molecule has 1 amide bonds. The van der Waals surface area contributed by atoms with E-state index in [1.807, 2.05) is 30.3 Å². The average Bonchev–Trinajstić information content (AvgIpc) is 2.32. The van der Waals surface area contributed by atoms with Crippen LogP contribution in [0.1, 0.15) is 32.3 Å². The van der Waals surface area contributed by atoms with Gasteiger partial charge in [-0.2, -0.15) is 0 Å². The Morgan fingerprint density at radius 3 is 2.61 bits per heavy atom. The highest BCUT2D eigenvalue weighted by molar-refractivity contribution is 5.67. The molecule has 1 rings (SSSR count). The summed E-state index contributed by atoms with van der Waals surface area (Å²) in [4.78, 5) is 11.3. The van der Waals surface area contributed by atoms with Crippen molar-refractivity contribution in [1.82, 2.24) is 5.32 Å². The Morgan fingerprint density at radius 2 is 2.00 bits per heavy atom. The zero-order valence-corrected chi connectivity index (χ0v) is 10.9. The number of halogens is 1. The fourth-order valence-corrected chi connectivity index (χ4v) is 1.47. The van der Waals surface area contributed by atoms with Crippen LogP contribution in [0.25, 0.3) is 0 Å². The number of alkyl halides is 1. The second-order valence-electron chi connectivity index (χ2n) is 4.81. The van der Waals surface area contributed by atoms with Gasteiger partial charge < -0.3 is 10.1 Å². The van der Waals surface area contributed by atoms with Crippen LogP contribution in [0.15, 0.2) is 30.3 Å². The molecule has 0 aliphatic rings. The quantitative estimate of drug-likeness (QED) is 0.789. The lowest BCUT2D eigenvalue weighted by Gasteiger charge is -2.13. The van der Waals surface area contributed by atoms with Crippen molar-refractivity contribution in [3.8, 4) is 0 Å². The zero-order valence-electron chi connectivity index (χ0n) is 10.9. The molecule has 0 saturated heterocycles. The van der Waals surface area contributed by atoms with Crippen LogP contribution in [0, 0.1) is 0 Å². The number of amides is 1. The molecular weight excluding hydrogens is 233 g/mol. The first kappa shape index (κ1) is 14.5. The van der Waals surface area contributed by atoms with Gasteiger partial charge in [0.05, 0.1) is 0 Å². The van der Waals surface area contributed by atoms with Gasteiger partial charge in [-0.3, -0.25) is 0 Å². The van der Waals surface area contributed by atoms with Gasteiger partial charge in [-0.05, 0) is 32.3 Å². The maximum Gasteiger partial charge on any atom is 0.407 e. The summed E-state index contributed by atoms with van der Waals surface area (Å²) >= 11 is 0. The molecule has 0 unspecified atom stereocenters. The number of carbonyl (C=O) groups is 1. The van der Waals surface area contributed by atoms with E-state index in [-0.39, 0.29) is 6.61 Å². The van der Waals surface area contributed by atoms with Crippen molar-refractivity contribution in [1.29, 1.82) is 0 Å². The van der Waals surface area contributed by atoms with Crippen LogP contribution in [-0.2, 0) is 11.3 Å². The third-order valence-electron chi connectivity index (χ3n) is 2.43. The van der Waals surface area contributed by atoms with Gasteiger partial charge >= 0.3 is 6.09 Å². The first-order valence-electron chi connectivity index (χ1n) is 6.11. The average molecular weight is 253 g/mol. The lowest BCUT2D eigenvalue weighted by Crippen LogP contribution is -2.26. The molecule has 0 heterocycles. The lowest BCUT2D eigenvalue weighted by molar-refractivity contribution is 0.138. The summed E-state index contributed by atoms with van der Waals surface area (Å²) in [5, 5.41) is 2.60. The topological polar surface area (TPSA) is 38.3 Å². The third kappa shape index (κ3) is 6.89. The molecule has 1 N–H and O–H groups in total. The normalized spacial score (nSPS) is 11.1. The van der Waals surface area contributed by atoms with E-state index in [2.05, 4.69) is 5.32 Å². The first-order chi connectivity index (χ1) is 8.47. The number of ether oxygens (including phenoxy) is 1. The van der Waals surface area contributed by atoms with Crippen molar-refractivity contribution < 1.29 is 13.9 Å². The number of alkyl carbamates (subject to hydrolysis) is 1. The van der Waals surface area contributed by atoms with E-state index in [0.29, 0.717) is 19.4 Å². The highest BCUT2D eigenvalue weighted by Crippen LogP contribution is 2.15. The van der Waals surface area contributed by atoms with Crippen LogP contribution >= 0.6 is 0 Å².